The molecular weight excluding hydrogens is 368 g/mol. The summed E-state index contributed by atoms with van der Waals surface area (Å²) in [7, 11) is 0. The monoisotopic (exact) mass is 406 g/mol. The van der Waals surface area contributed by atoms with Crippen molar-refractivity contribution in [1.82, 2.24) is 0 Å². The summed E-state index contributed by atoms with van der Waals surface area (Å²) < 4.78 is 31.3. The predicted molar refractivity (Wildman–Crippen MR) is 104 cm³/mol. The van der Waals surface area contributed by atoms with Crippen molar-refractivity contribution >= 4 is 11.9 Å². The zero-order valence-corrected chi connectivity index (χ0v) is 17.7. The fourth-order valence-electron chi connectivity index (χ4n) is 2.12. The molecule has 0 unspecified atom stereocenters. The summed E-state index contributed by atoms with van der Waals surface area (Å²) in [5, 5.41) is 0. The van der Waals surface area contributed by atoms with E-state index >= 15 is 0 Å². The molecule has 8 nitrogen and oxygen atoms in total. The van der Waals surface area contributed by atoms with Crippen LogP contribution in [0.1, 0.15) is 46.5 Å². The molecule has 166 valence electrons. The van der Waals surface area contributed by atoms with Crippen molar-refractivity contribution in [2.24, 2.45) is 5.92 Å². The Morgan fingerprint density at radius 2 is 0.893 bits per heavy atom. The van der Waals surface area contributed by atoms with Gasteiger partial charge in [0.2, 0.25) is 0 Å². The Hall–Kier alpha value is -1.22. The number of carbonyl (C=O) groups excluding carboxylic acids is 2. The maximum Gasteiger partial charge on any atom is 0.306 e. The minimum absolute atomic E-state index is 0.147. The van der Waals surface area contributed by atoms with Gasteiger partial charge in [-0.05, 0) is 18.8 Å². The first-order valence-electron chi connectivity index (χ1n) is 10.2. The summed E-state index contributed by atoms with van der Waals surface area (Å²) in [6.07, 6.45) is 2.29. The van der Waals surface area contributed by atoms with Crippen molar-refractivity contribution in [2.75, 3.05) is 66.1 Å². The van der Waals surface area contributed by atoms with Gasteiger partial charge in [0.15, 0.2) is 0 Å². The number of rotatable bonds is 20. The van der Waals surface area contributed by atoms with Crippen LogP contribution in [0.4, 0.5) is 0 Å². The second kappa shape index (κ2) is 20.5. The van der Waals surface area contributed by atoms with E-state index in [2.05, 4.69) is 0 Å². The molecule has 0 atom stereocenters. The Morgan fingerprint density at radius 3 is 1.25 bits per heavy atom. The van der Waals surface area contributed by atoms with Gasteiger partial charge < -0.3 is 28.4 Å². The quantitative estimate of drug-likeness (QED) is 0.225. The molecule has 28 heavy (non-hydrogen) atoms. The SMILES string of the molecule is CCCOCCOCCOC(=O)CC(C)CC(=O)OCCOCCOCCC. The van der Waals surface area contributed by atoms with Crippen LogP contribution >= 0.6 is 0 Å². The van der Waals surface area contributed by atoms with Crippen LogP contribution in [-0.4, -0.2) is 78.0 Å². The Kier molecular flexibility index (Phi) is 19.6. The fourth-order valence-corrected chi connectivity index (χ4v) is 2.12. The molecular formula is C20H38O8. The third kappa shape index (κ3) is 19.5. The maximum absolute atomic E-state index is 11.7. The minimum atomic E-state index is -0.346. The average Bonchev–Trinajstić information content (AvgIpc) is 2.65. The highest BCUT2D eigenvalue weighted by Crippen LogP contribution is 2.09. The third-order valence-corrected chi connectivity index (χ3v) is 3.45. The van der Waals surface area contributed by atoms with Crippen molar-refractivity contribution in [3.05, 3.63) is 0 Å². The van der Waals surface area contributed by atoms with Crippen molar-refractivity contribution in [3.8, 4) is 0 Å². The zero-order chi connectivity index (χ0) is 20.9. The van der Waals surface area contributed by atoms with Gasteiger partial charge in [0.1, 0.15) is 13.2 Å². The molecule has 0 aromatic heterocycles. The van der Waals surface area contributed by atoms with E-state index in [-0.39, 0.29) is 43.9 Å². The molecule has 0 N–H and O–H groups in total. The van der Waals surface area contributed by atoms with Crippen molar-refractivity contribution < 1.29 is 38.0 Å². The van der Waals surface area contributed by atoms with Gasteiger partial charge in [0.05, 0.1) is 39.6 Å². The number of ether oxygens (including phenoxy) is 6. The molecule has 0 aromatic rings. The molecule has 0 aliphatic rings. The number of carbonyl (C=O) groups is 2. The fraction of sp³-hybridized carbons (Fsp3) is 0.900. The lowest BCUT2D eigenvalue weighted by Crippen LogP contribution is -2.18. The highest BCUT2D eigenvalue weighted by atomic mass is 16.6. The van der Waals surface area contributed by atoms with Gasteiger partial charge in [-0.2, -0.15) is 0 Å². The lowest BCUT2D eigenvalue weighted by atomic mass is 10.0. The Balaban J connectivity index is 3.50. The first kappa shape index (κ1) is 26.8. The lowest BCUT2D eigenvalue weighted by molar-refractivity contribution is -0.148. The van der Waals surface area contributed by atoms with Crippen LogP contribution in [0.25, 0.3) is 0 Å². The van der Waals surface area contributed by atoms with E-state index in [1.165, 1.54) is 0 Å². The highest BCUT2D eigenvalue weighted by Gasteiger charge is 2.15. The van der Waals surface area contributed by atoms with E-state index in [0.29, 0.717) is 39.6 Å². The standard InChI is InChI=1S/C20H38O8/c1-4-6-23-8-10-25-12-14-27-19(21)16-18(3)17-20(22)28-15-13-26-11-9-24-7-5-2/h18H,4-17H2,1-3H3. The summed E-state index contributed by atoms with van der Waals surface area (Å²) >= 11 is 0. The molecule has 0 radical (unpaired) electrons. The third-order valence-electron chi connectivity index (χ3n) is 3.45. The second-order valence-electron chi connectivity index (χ2n) is 6.40. The molecule has 0 bridgehead atoms. The van der Waals surface area contributed by atoms with Crippen molar-refractivity contribution in [1.29, 1.82) is 0 Å². The van der Waals surface area contributed by atoms with E-state index < -0.39 is 0 Å². The molecule has 0 aliphatic heterocycles. The molecule has 0 saturated carbocycles. The van der Waals surface area contributed by atoms with Crippen molar-refractivity contribution in [3.63, 3.8) is 0 Å². The predicted octanol–water partition coefficient (Wildman–Crippen LogP) is 2.38. The molecule has 8 heteroatoms. The van der Waals surface area contributed by atoms with Gasteiger partial charge in [-0.15, -0.1) is 0 Å². The van der Waals surface area contributed by atoms with Gasteiger partial charge in [-0.3, -0.25) is 9.59 Å². The zero-order valence-electron chi connectivity index (χ0n) is 17.7. The van der Waals surface area contributed by atoms with Crippen molar-refractivity contribution in [2.45, 2.75) is 46.5 Å². The second-order valence-corrected chi connectivity index (χ2v) is 6.40. The summed E-state index contributed by atoms with van der Waals surface area (Å²) in [4.78, 5) is 23.5. The minimum Gasteiger partial charge on any atom is -0.463 e. The van der Waals surface area contributed by atoms with E-state index in [1.807, 2.05) is 20.8 Å². The summed E-state index contributed by atoms with van der Waals surface area (Å²) in [5.41, 5.74) is 0. The van der Waals surface area contributed by atoms with E-state index in [1.54, 1.807) is 0 Å². The van der Waals surface area contributed by atoms with Crippen LogP contribution in [0.5, 0.6) is 0 Å². The van der Waals surface area contributed by atoms with Crippen LogP contribution in [0.2, 0.25) is 0 Å². The van der Waals surface area contributed by atoms with Crippen LogP contribution < -0.4 is 0 Å². The lowest BCUT2D eigenvalue weighted by Gasteiger charge is -2.11. The Labute approximate surface area is 169 Å². The van der Waals surface area contributed by atoms with Gasteiger partial charge in [-0.25, -0.2) is 0 Å². The van der Waals surface area contributed by atoms with E-state index in [4.69, 9.17) is 28.4 Å². The van der Waals surface area contributed by atoms with Gasteiger partial charge in [0, 0.05) is 26.1 Å². The first-order chi connectivity index (χ1) is 13.6. The van der Waals surface area contributed by atoms with Crippen LogP contribution in [0.3, 0.4) is 0 Å². The van der Waals surface area contributed by atoms with Crippen LogP contribution in [0, 0.1) is 5.92 Å². The molecule has 0 aromatic carbocycles. The van der Waals surface area contributed by atoms with Gasteiger partial charge in [-0.1, -0.05) is 20.8 Å². The number of hydrogen-bond acceptors (Lipinski definition) is 8. The molecule has 0 aliphatic carbocycles. The van der Waals surface area contributed by atoms with Gasteiger partial charge >= 0.3 is 11.9 Å². The molecule has 0 heterocycles. The normalized spacial score (nSPS) is 11.0. The van der Waals surface area contributed by atoms with Crippen LogP contribution in [-0.2, 0) is 38.0 Å². The number of esters is 2. The Morgan fingerprint density at radius 1 is 0.571 bits per heavy atom. The molecule has 0 rings (SSSR count). The molecule has 0 saturated heterocycles. The topological polar surface area (TPSA) is 89.5 Å². The molecule has 0 amide bonds. The van der Waals surface area contributed by atoms with Gasteiger partial charge in [0.25, 0.3) is 0 Å². The molecule has 0 fully saturated rings. The smallest absolute Gasteiger partial charge is 0.306 e. The largest absolute Gasteiger partial charge is 0.463 e. The number of hydrogen-bond donors (Lipinski definition) is 0. The summed E-state index contributed by atoms with van der Waals surface area (Å²) in [5.74, 6) is -0.838. The highest BCUT2D eigenvalue weighted by molar-refractivity contribution is 5.73. The Bertz CT molecular complexity index is 341. The van der Waals surface area contributed by atoms with E-state index in [9.17, 15) is 9.59 Å². The average molecular weight is 407 g/mol. The van der Waals surface area contributed by atoms with Crippen LogP contribution in [0.15, 0.2) is 0 Å². The molecule has 0 spiro atoms. The first-order valence-corrected chi connectivity index (χ1v) is 10.2. The summed E-state index contributed by atoms with van der Waals surface area (Å²) in [6.45, 7) is 10.4. The van der Waals surface area contributed by atoms with E-state index in [0.717, 1.165) is 26.1 Å². The summed E-state index contributed by atoms with van der Waals surface area (Å²) in [6, 6.07) is 0. The maximum atomic E-state index is 11.7.